The van der Waals surface area contributed by atoms with Crippen LogP contribution in [0.5, 0.6) is 0 Å². The van der Waals surface area contributed by atoms with E-state index < -0.39 is 0 Å². The molecule has 1 aliphatic heterocycles. The Hall–Kier alpha value is -1.78. The molecule has 2 aliphatic rings. The monoisotopic (exact) mass is 339 g/mol. The highest BCUT2D eigenvalue weighted by Gasteiger charge is 2.33. The molecule has 1 saturated heterocycles. The molecule has 1 saturated carbocycles. The van der Waals surface area contributed by atoms with Crippen LogP contribution in [0.2, 0.25) is 0 Å². The zero-order chi connectivity index (χ0) is 17.2. The average Bonchev–Trinajstić information content (AvgIpc) is 3.44. The molecule has 1 aliphatic carbocycles. The Morgan fingerprint density at radius 1 is 1.36 bits per heavy atom. The maximum Gasteiger partial charge on any atom is 0.109 e. The summed E-state index contributed by atoms with van der Waals surface area (Å²) in [6.45, 7) is 11.2. The van der Waals surface area contributed by atoms with Crippen LogP contribution < -0.4 is 5.32 Å². The SMILES string of the molecule is C=C(C1CNCCO1)N(Cc1cn(CCC)c2ccccc12)C1CC1. The first-order valence-electron chi connectivity index (χ1n) is 9.62. The molecular formula is C21H29N3O. The molecule has 1 aromatic carbocycles. The van der Waals surface area contributed by atoms with E-state index in [4.69, 9.17) is 4.74 Å². The van der Waals surface area contributed by atoms with Gasteiger partial charge in [0.2, 0.25) is 0 Å². The van der Waals surface area contributed by atoms with Gasteiger partial charge in [-0.05, 0) is 30.9 Å². The van der Waals surface area contributed by atoms with E-state index in [0.29, 0.717) is 6.04 Å². The number of aromatic nitrogens is 1. The molecule has 0 spiro atoms. The summed E-state index contributed by atoms with van der Waals surface area (Å²) in [5.41, 5.74) is 3.89. The fraction of sp³-hybridized carbons (Fsp3) is 0.524. The van der Waals surface area contributed by atoms with Gasteiger partial charge in [0.1, 0.15) is 6.10 Å². The first-order chi connectivity index (χ1) is 12.3. The highest BCUT2D eigenvalue weighted by Crippen LogP contribution is 2.34. The van der Waals surface area contributed by atoms with Crippen molar-refractivity contribution >= 4 is 10.9 Å². The van der Waals surface area contributed by atoms with Crippen LogP contribution in [0.1, 0.15) is 31.7 Å². The van der Waals surface area contributed by atoms with E-state index in [0.717, 1.165) is 44.9 Å². The Balaban J connectivity index is 1.60. The zero-order valence-electron chi connectivity index (χ0n) is 15.2. The second-order valence-electron chi connectivity index (χ2n) is 7.28. The van der Waals surface area contributed by atoms with E-state index in [1.54, 1.807) is 0 Å². The fourth-order valence-electron chi connectivity index (χ4n) is 3.87. The molecule has 1 N–H and O–H groups in total. The molecule has 0 bridgehead atoms. The van der Waals surface area contributed by atoms with Crippen molar-refractivity contribution in [1.29, 1.82) is 0 Å². The summed E-state index contributed by atoms with van der Waals surface area (Å²) in [6, 6.07) is 9.40. The number of fused-ring (bicyclic) bond motifs is 1. The zero-order valence-corrected chi connectivity index (χ0v) is 15.2. The summed E-state index contributed by atoms with van der Waals surface area (Å²) in [5.74, 6) is 0. The summed E-state index contributed by atoms with van der Waals surface area (Å²) in [4.78, 5) is 2.50. The number of hydrogen-bond acceptors (Lipinski definition) is 3. The highest BCUT2D eigenvalue weighted by atomic mass is 16.5. The Kier molecular flexibility index (Phi) is 4.82. The van der Waals surface area contributed by atoms with Crippen molar-refractivity contribution in [2.75, 3.05) is 19.7 Å². The van der Waals surface area contributed by atoms with Gasteiger partial charge in [0.25, 0.3) is 0 Å². The Morgan fingerprint density at radius 3 is 2.92 bits per heavy atom. The van der Waals surface area contributed by atoms with E-state index in [1.807, 2.05) is 0 Å². The number of benzene rings is 1. The van der Waals surface area contributed by atoms with Crippen molar-refractivity contribution in [3.63, 3.8) is 0 Å². The molecule has 0 amide bonds. The van der Waals surface area contributed by atoms with Gasteiger partial charge in [0.05, 0.1) is 6.61 Å². The van der Waals surface area contributed by atoms with E-state index in [1.165, 1.54) is 29.3 Å². The molecule has 4 heteroatoms. The van der Waals surface area contributed by atoms with E-state index >= 15 is 0 Å². The number of nitrogens with one attached hydrogen (secondary N) is 1. The third-order valence-electron chi connectivity index (χ3n) is 5.33. The van der Waals surface area contributed by atoms with Crippen molar-refractivity contribution in [2.45, 2.75) is 51.4 Å². The van der Waals surface area contributed by atoms with Gasteiger partial charge in [-0.25, -0.2) is 0 Å². The molecule has 1 aromatic heterocycles. The van der Waals surface area contributed by atoms with Crippen LogP contribution in [-0.2, 0) is 17.8 Å². The van der Waals surface area contributed by atoms with Gasteiger partial charge in [-0.15, -0.1) is 0 Å². The summed E-state index contributed by atoms with van der Waals surface area (Å²) in [5, 5.41) is 4.80. The molecule has 1 atom stereocenters. The number of rotatable bonds is 7. The van der Waals surface area contributed by atoms with Gasteiger partial charge < -0.3 is 19.5 Å². The second-order valence-corrected chi connectivity index (χ2v) is 7.28. The normalized spacial score (nSPS) is 20.8. The summed E-state index contributed by atoms with van der Waals surface area (Å²) < 4.78 is 8.36. The Labute approximate surface area is 150 Å². The number of nitrogens with zero attached hydrogens (tertiary/aromatic N) is 2. The van der Waals surface area contributed by atoms with E-state index in [9.17, 15) is 0 Å². The van der Waals surface area contributed by atoms with Crippen LogP contribution in [0.15, 0.2) is 42.7 Å². The Morgan fingerprint density at radius 2 is 2.20 bits per heavy atom. The summed E-state index contributed by atoms with van der Waals surface area (Å²) in [6.07, 6.45) is 6.15. The maximum atomic E-state index is 5.96. The number of para-hydroxylation sites is 1. The first kappa shape index (κ1) is 16.7. The number of morpholine rings is 1. The molecule has 134 valence electrons. The molecular weight excluding hydrogens is 310 g/mol. The minimum absolute atomic E-state index is 0.110. The number of ether oxygens (including phenoxy) is 1. The number of aryl methyl sites for hydroxylation is 1. The van der Waals surface area contributed by atoms with Crippen molar-refractivity contribution in [1.82, 2.24) is 14.8 Å². The topological polar surface area (TPSA) is 29.4 Å². The van der Waals surface area contributed by atoms with Gasteiger partial charge in [-0.3, -0.25) is 0 Å². The quantitative estimate of drug-likeness (QED) is 0.837. The highest BCUT2D eigenvalue weighted by molar-refractivity contribution is 5.84. The third-order valence-corrected chi connectivity index (χ3v) is 5.33. The van der Waals surface area contributed by atoms with Crippen LogP contribution in [0, 0.1) is 0 Å². The molecule has 1 unspecified atom stereocenters. The molecule has 4 rings (SSSR count). The molecule has 0 radical (unpaired) electrons. The van der Waals surface area contributed by atoms with Crippen molar-refractivity contribution in [3.05, 3.63) is 48.3 Å². The molecule has 25 heavy (non-hydrogen) atoms. The largest absolute Gasteiger partial charge is 0.369 e. The van der Waals surface area contributed by atoms with Gasteiger partial charge in [0, 0.05) is 55.0 Å². The molecule has 2 heterocycles. The van der Waals surface area contributed by atoms with Gasteiger partial charge in [-0.1, -0.05) is 31.7 Å². The van der Waals surface area contributed by atoms with Crippen LogP contribution in [0.4, 0.5) is 0 Å². The minimum atomic E-state index is 0.110. The van der Waals surface area contributed by atoms with Gasteiger partial charge in [-0.2, -0.15) is 0 Å². The van der Waals surface area contributed by atoms with Crippen LogP contribution >= 0.6 is 0 Å². The van der Waals surface area contributed by atoms with Gasteiger partial charge >= 0.3 is 0 Å². The van der Waals surface area contributed by atoms with Gasteiger partial charge in [0.15, 0.2) is 0 Å². The molecule has 4 nitrogen and oxygen atoms in total. The maximum absolute atomic E-state index is 5.96. The lowest BCUT2D eigenvalue weighted by atomic mass is 10.1. The lowest BCUT2D eigenvalue weighted by molar-refractivity contribution is 0.0315. The lowest BCUT2D eigenvalue weighted by Crippen LogP contribution is -2.43. The standard InChI is InChI=1S/C21H29N3O/c1-3-11-23-14-17(19-6-4-5-7-20(19)23)15-24(18-8-9-18)16(2)21-13-22-10-12-25-21/h4-7,14,18,21-22H,2-3,8-13,15H2,1H3. The van der Waals surface area contributed by atoms with Crippen LogP contribution in [0.25, 0.3) is 10.9 Å². The van der Waals surface area contributed by atoms with Crippen LogP contribution in [0.3, 0.4) is 0 Å². The van der Waals surface area contributed by atoms with Crippen molar-refractivity contribution in [3.8, 4) is 0 Å². The smallest absolute Gasteiger partial charge is 0.109 e. The van der Waals surface area contributed by atoms with E-state index in [2.05, 4.69) is 58.7 Å². The van der Waals surface area contributed by atoms with Crippen molar-refractivity contribution in [2.24, 2.45) is 0 Å². The number of hydrogen-bond donors (Lipinski definition) is 1. The Bertz CT molecular complexity index is 741. The molecule has 2 aromatic rings. The van der Waals surface area contributed by atoms with E-state index in [-0.39, 0.29) is 6.10 Å². The predicted molar refractivity (Wildman–Crippen MR) is 103 cm³/mol. The average molecular weight is 339 g/mol. The lowest BCUT2D eigenvalue weighted by Gasteiger charge is -2.34. The van der Waals surface area contributed by atoms with Crippen molar-refractivity contribution < 1.29 is 4.74 Å². The fourth-order valence-corrected chi connectivity index (χ4v) is 3.87. The van der Waals surface area contributed by atoms with Crippen LogP contribution in [-0.4, -0.2) is 41.3 Å². The summed E-state index contributed by atoms with van der Waals surface area (Å²) in [7, 11) is 0. The third kappa shape index (κ3) is 3.46. The first-order valence-corrected chi connectivity index (χ1v) is 9.62. The predicted octanol–water partition coefficient (Wildman–Crippen LogP) is 3.52. The second kappa shape index (κ2) is 7.22. The minimum Gasteiger partial charge on any atom is -0.369 e. The summed E-state index contributed by atoms with van der Waals surface area (Å²) >= 11 is 0. The molecule has 2 fully saturated rings.